The van der Waals surface area contributed by atoms with Gasteiger partial charge in [-0.15, -0.1) is 0 Å². The summed E-state index contributed by atoms with van der Waals surface area (Å²) in [5.41, 5.74) is 1.74. The average Bonchev–Trinajstić information content (AvgIpc) is 2.76. The molecule has 1 aromatic carbocycles. The van der Waals surface area contributed by atoms with Crippen molar-refractivity contribution in [2.75, 3.05) is 0 Å². The highest BCUT2D eigenvalue weighted by atomic mass is 35.5. The average molecular weight is 227 g/mol. The monoisotopic (exact) mass is 226 g/mol. The van der Waals surface area contributed by atoms with E-state index in [1.807, 2.05) is 0 Å². The lowest BCUT2D eigenvalue weighted by atomic mass is 10.0. The van der Waals surface area contributed by atoms with Gasteiger partial charge in [-0.1, -0.05) is 17.7 Å². The van der Waals surface area contributed by atoms with E-state index in [9.17, 15) is 9.18 Å². The lowest BCUT2D eigenvalue weighted by molar-refractivity contribution is -0.139. The maximum Gasteiger partial charge on any atom is 0.307 e. The molecule has 0 spiro atoms. The van der Waals surface area contributed by atoms with E-state index < -0.39 is 11.8 Å². The number of rotatable bonds is 1. The van der Waals surface area contributed by atoms with E-state index in [0.29, 0.717) is 0 Å². The highest BCUT2D eigenvalue weighted by molar-refractivity contribution is 6.31. The van der Waals surface area contributed by atoms with Crippen molar-refractivity contribution in [3.63, 3.8) is 0 Å². The van der Waals surface area contributed by atoms with Crippen molar-refractivity contribution in [2.45, 2.75) is 12.3 Å². The Morgan fingerprint density at radius 1 is 1.53 bits per heavy atom. The SMILES string of the molecule is O=C(O)[C@@H]1[C@@H]2Cc3ccc(F)c(Cl)c3[C@@H]21. The van der Waals surface area contributed by atoms with Crippen LogP contribution in [-0.4, -0.2) is 11.1 Å². The van der Waals surface area contributed by atoms with Crippen molar-refractivity contribution in [3.05, 3.63) is 34.1 Å². The minimum atomic E-state index is -0.795. The molecule has 1 fully saturated rings. The molecule has 3 atom stereocenters. The molecular formula is C11H8ClFO2. The van der Waals surface area contributed by atoms with Gasteiger partial charge in [0.1, 0.15) is 5.82 Å². The van der Waals surface area contributed by atoms with Crippen molar-refractivity contribution in [1.29, 1.82) is 0 Å². The van der Waals surface area contributed by atoms with E-state index >= 15 is 0 Å². The fourth-order valence-corrected chi connectivity index (χ4v) is 3.07. The van der Waals surface area contributed by atoms with Gasteiger partial charge in [-0.05, 0) is 29.5 Å². The molecule has 2 nitrogen and oxygen atoms in total. The van der Waals surface area contributed by atoms with Gasteiger partial charge < -0.3 is 5.11 Å². The number of hydrogen-bond donors (Lipinski definition) is 1. The molecule has 0 radical (unpaired) electrons. The van der Waals surface area contributed by atoms with Gasteiger partial charge in [0.25, 0.3) is 0 Å². The van der Waals surface area contributed by atoms with Crippen LogP contribution in [0.5, 0.6) is 0 Å². The van der Waals surface area contributed by atoms with Crippen LogP contribution in [0.1, 0.15) is 17.0 Å². The smallest absolute Gasteiger partial charge is 0.307 e. The molecule has 0 amide bonds. The fraction of sp³-hybridized carbons (Fsp3) is 0.364. The molecule has 0 aromatic heterocycles. The molecule has 0 heterocycles. The van der Waals surface area contributed by atoms with Gasteiger partial charge in [0.05, 0.1) is 10.9 Å². The number of carboxylic acid groups (broad SMARTS) is 1. The molecule has 3 rings (SSSR count). The predicted octanol–water partition coefficient (Wildman–Crippen LogP) is 2.45. The first kappa shape index (κ1) is 9.16. The molecule has 0 saturated heterocycles. The second-order valence-corrected chi connectivity index (χ2v) is 4.57. The summed E-state index contributed by atoms with van der Waals surface area (Å²) < 4.78 is 13.2. The standard InChI is InChI=1S/C11H8ClFO2/c12-10-6(13)2-1-4-3-5-8(7(4)10)9(5)11(14)15/h1-2,5,8-9H,3H2,(H,14,15)/t5-,8-,9-/m1/s1. The summed E-state index contributed by atoms with van der Waals surface area (Å²) in [5, 5.41) is 9.02. The minimum absolute atomic E-state index is 0.0549. The van der Waals surface area contributed by atoms with Gasteiger partial charge in [-0.2, -0.15) is 0 Å². The molecule has 1 saturated carbocycles. The Bertz CT molecular complexity index is 472. The van der Waals surface area contributed by atoms with E-state index in [1.165, 1.54) is 6.07 Å². The zero-order valence-electron chi connectivity index (χ0n) is 7.71. The molecule has 0 aliphatic heterocycles. The first-order valence-corrected chi connectivity index (χ1v) is 5.18. The molecule has 1 N–H and O–H groups in total. The Balaban J connectivity index is 2.08. The second-order valence-electron chi connectivity index (χ2n) is 4.19. The highest BCUT2D eigenvalue weighted by Gasteiger charge is 2.60. The number of halogens is 2. The normalized spacial score (nSPS) is 30.9. The zero-order chi connectivity index (χ0) is 10.7. The maximum atomic E-state index is 13.2. The number of carbonyl (C=O) groups is 1. The van der Waals surface area contributed by atoms with Gasteiger partial charge >= 0.3 is 5.97 Å². The Hall–Kier alpha value is -1.09. The third-order valence-electron chi connectivity index (χ3n) is 3.47. The highest BCUT2D eigenvalue weighted by Crippen LogP contribution is 2.63. The Morgan fingerprint density at radius 2 is 2.27 bits per heavy atom. The summed E-state index contributed by atoms with van der Waals surface area (Å²) in [6, 6.07) is 3.06. The van der Waals surface area contributed by atoms with Crippen LogP contribution in [0.15, 0.2) is 12.1 Å². The van der Waals surface area contributed by atoms with Crippen LogP contribution in [0, 0.1) is 17.7 Å². The number of carboxylic acids is 1. The molecular weight excluding hydrogens is 219 g/mol. The quantitative estimate of drug-likeness (QED) is 0.799. The molecule has 2 aliphatic rings. The Labute approximate surface area is 90.7 Å². The van der Waals surface area contributed by atoms with Crippen LogP contribution < -0.4 is 0 Å². The van der Waals surface area contributed by atoms with Gasteiger partial charge in [-0.3, -0.25) is 4.79 Å². The number of benzene rings is 1. The minimum Gasteiger partial charge on any atom is -0.481 e. The van der Waals surface area contributed by atoms with Crippen LogP contribution in [0.3, 0.4) is 0 Å². The van der Waals surface area contributed by atoms with Crippen LogP contribution in [0.25, 0.3) is 0 Å². The fourth-order valence-electron chi connectivity index (χ4n) is 2.76. The van der Waals surface area contributed by atoms with E-state index in [1.54, 1.807) is 6.07 Å². The molecule has 0 bridgehead atoms. The van der Waals surface area contributed by atoms with Crippen molar-refractivity contribution in [1.82, 2.24) is 0 Å². The van der Waals surface area contributed by atoms with Gasteiger partial charge in [0, 0.05) is 5.92 Å². The molecule has 4 heteroatoms. The zero-order valence-corrected chi connectivity index (χ0v) is 8.46. The van der Waals surface area contributed by atoms with Crippen LogP contribution in [-0.2, 0) is 11.2 Å². The van der Waals surface area contributed by atoms with Crippen molar-refractivity contribution in [3.8, 4) is 0 Å². The lowest BCUT2D eigenvalue weighted by Gasteiger charge is -2.07. The third-order valence-corrected chi connectivity index (χ3v) is 3.85. The number of aliphatic carboxylic acids is 1. The molecule has 0 unspecified atom stereocenters. The Kier molecular flexibility index (Phi) is 1.67. The topological polar surface area (TPSA) is 37.3 Å². The van der Waals surface area contributed by atoms with E-state index in [2.05, 4.69) is 0 Å². The van der Waals surface area contributed by atoms with Crippen LogP contribution >= 0.6 is 11.6 Å². The molecule has 78 valence electrons. The molecule has 2 aliphatic carbocycles. The van der Waals surface area contributed by atoms with Crippen molar-refractivity contribution < 1.29 is 14.3 Å². The molecule has 15 heavy (non-hydrogen) atoms. The maximum absolute atomic E-state index is 13.2. The summed E-state index contributed by atoms with van der Waals surface area (Å²) in [7, 11) is 0. The predicted molar refractivity (Wildman–Crippen MR) is 52.5 cm³/mol. The van der Waals surface area contributed by atoms with Crippen molar-refractivity contribution in [2.24, 2.45) is 11.8 Å². The number of fused-ring (bicyclic) bond motifs is 3. The molecule has 1 aromatic rings. The first-order chi connectivity index (χ1) is 7.11. The van der Waals surface area contributed by atoms with E-state index in [0.717, 1.165) is 17.5 Å². The van der Waals surface area contributed by atoms with Crippen LogP contribution in [0.2, 0.25) is 5.02 Å². The summed E-state index contributed by atoms with van der Waals surface area (Å²) in [6.07, 6.45) is 0.719. The number of hydrogen-bond acceptors (Lipinski definition) is 1. The summed E-state index contributed by atoms with van der Waals surface area (Å²) in [6.45, 7) is 0. The summed E-state index contributed by atoms with van der Waals surface area (Å²) >= 11 is 5.86. The van der Waals surface area contributed by atoms with E-state index in [4.69, 9.17) is 16.7 Å². The van der Waals surface area contributed by atoms with E-state index in [-0.39, 0.29) is 22.8 Å². The third kappa shape index (κ3) is 1.07. The summed E-state index contributed by atoms with van der Waals surface area (Å²) in [5.74, 6) is -1.52. The second kappa shape index (κ2) is 2.73. The largest absolute Gasteiger partial charge is 0.481 e. The van der Waals surface area contributed by atoms with Gasteiger partial charge in [-0.25, -0.2) is 4.39 Å². The summed E-state index contributed by atoms with van der Waals surface area (Å²) in [4.78, 5) is 10.8. The van der Waals surface area contributed by atoms with Crippen molar-refractivity contribution >= 4 is 17.6 Å². The van der Waals surface area contributed by atoms with Gasteiger partial charge in [0.2, 0.25) is 0 Å². The van der Waals surface area contributed by atoms with Gasteiger partial charge in [0.15, 0.2) is 0 Å². The van der Waals surface area contributed by atoms with Crippen LogP contribution in [0.4, 0.5) is 4.39 Å². The Morgan fingerprint density at radius 3 is 2.93 bits per heavy atom. The first-order valence-electron chi connectivity index (χ1n) is 4.81. The lowest BCUT2D eigenvalue weighted by Crippen LogP contribution is -2.05.